The Bertz CT molecular complexity index is 1040. The Balaban J connectivity index is 2.11. The number of anilines is 1. The average Bonchev–Trinajstić information content (AvgIpc) is 2.68. The molecule has 0 fully saturated rings. The van der Waals surface area contributed by atoms with Gasteiger partial charge in [0.1, 0.15) is 0 Å². The Morgan fingerprint density at radius 2 is 1.86 bits per heavy atom. The van der Waals surface area contributed by atoms with E-state index in [-0.39, 0.29) is 22.0 Å². The molecule has 7 nitrogen and oxygen atoms in total. The van der Waals surface area contributed by atoms with Gasteiger partial charge in [-0.2, -0.15) is 4.31 Å². The smallest absolute Gasteiger partial charge is 0.251 e. The topological polar surface area (TPSA) is 95.6 Å². The van der Waals surface area contributed by atoms with Crippen LogP contribution in [-0.2, 0) is 14.8 Å². The van der Waals surface area contributed by atoms with Crippen molar-refractivity contribution in [3.05, 3.63) is 70.7 Å². The molecule has 0 saturated heterocycles. The number of amides is 2. The summed E-state index contributed by atoms with van der Waals surface area (Å²) < 4.78 is 26.4. The zero-order valence-corrected chi connectivity index (χ0v) is 17.8. The third kappa shape index (κ3) is 6.04. The highest BCUT2D eigenvalue weighted by atomic mass is 35.5. The van der Waals surface area contributed by atoms with E-state index in [9.17, 15) is 18.0 Å². The van der Waals surface area contributed by atoms with Gasteiger partial charge in [-0.3, -0.25) is 9.59 Å². The maximum absolute atomic E-state index is 12.8. The summed E-state index contributed by atoms with van der Waals surface area (Å²) in [5.41, 5.74) is 0.567. The highest BCUT2D eigenvalue weighted by Crippen LogP contribution is 2.25. The van der Waals surface area contributed by atoms with Crippen molar-refractivity contribution in [3.8, 4) is 0 Å². The van der Waals surface area contributed by atoms with Crippen molar-refractivity contribution in [1.29, 1.82) is 0 Å². The van der Waals surface area contributed by atoms with E-state index >= 15 is 0 Å². The van der Waals surface area contributed by atoms with Crippen LogP contribution in [0.15, 0.2) is 60.0 Å². The number of nitrogens with zero attached hydrogens (tertiary/aromatic N) is 1. The highest BCUT2D eigenvalue weighted by molar-refractivity contribution is 7.89. The van der Waals surface area contributed by atoms with Gasteiger partial charge in [-0.25, -0.2) is 8.42 Å². The van der Waals surface area contributed by atoms with Crippen LogP contribution in [0.3, 0.4) is 0 Å². The molecule has 0 radical (unpaired) electrons. The van der Waals surface area contributed by atoms with Gasteiger partial charge < -0.3 is 10.6 Å². The number of hydrogen-bond donors (Lipinski definition) is 2. The summed E-state index contributed by atoms with van der Waals surface area (Å²) in [4.78, 5) is 24.2. The van der Waals surface area contributed by atoms with E-state index in [0.29, 0.717) is 10.7 Å². The molecule has 2 aromatic rings. The van der Waals surface area contributed by atoms with Gasteiger partial charge in [-0.05, 0) is 36.4 Å². The summed E-state index contributed by atoms with van der Waals surface area (Å²) in [5, 5.41) is 5.73. The molecular weight excluding hydrogens is 437 g/mol. The first-order chi connectivity index (χ1) is 13.6. The van der Waals surface area contributed by atoms with Crippen molar-refractivity contribution in [2.75, 3.05) is 25.5 Å². The zero-order chi connectivity index (χ0) is 21.6. The van der Waals surface area contributed by atoms with Gasteiger partial charge >= 0.3 is 0 Å². The van der Waals surface area contributed by atoms with Crippen LogP contribution in [0, 0.1) is 0 Å². The molecule has 0 aliphatic heterocycles. The van der Waals surface area contributed by atoms with E-state index in [2.05, 4.69) is 17.2 Å². The minimum atomic E-state index is -3.99. The number of nitrogens with one attached hydrogen (secondary N) is 2. The number of carbonyl (C=O) groups is 2. The Morgan fingerprint density at radius 1 is 1.14 bits per heavy atom. The number of sulfonamides is 1. The fourth-order valence-electron chi connectivity index (χ4n) is 2.31. The minimum Gasteiger partial charge on any atom is -0.349 e. The highest BCUT2D eigenvalue weighted by Gasteiger charge is 2.24. The second-order valence-corrected chi connectivity index (χ2v) is 8.82. The number of rotatable bonds is 8. The third-order valence-electron chi connectivity index (χ3n) is 3.78. The van der Waals surface area contributed by atoms with Gasteiger partial charge in [-0.15, -0.1) is 6.58 Å². The van der Waals surface area contributed by atoms with Crippen molar-refractivity contribution in [2.45, 2.75) is 4.90 Å². The lowest BCUT2D eigenvalue weighted by molar-refractivity contribution is -0.116. The fourth-order valence-corrected chi connectivity index (χ4v) is 3.78. The van der Waals surface area contributed by atoms with Crippen LogP contribution in [0.2, 0.25) is 10.0 Å². The summed E-state index contributed by atoms with van der Waals surface area (Å²) in [5.74, 6) is -0.990. The zero-order valence-electron chi connectivity index (χ0n) is 15.5. The third-order valence-corrected chi connectivity index (χ3v) is 6.32. The summed E-state index contributed by atoms with van der Waals surface area (Å²) in [6.07, 6.45) is 1.51. The number of benzene rings is 2. The molecule has 2 rings (SSSR count). The van der Waals surface area contributed by atoms with Gasteiger partial charge in [0.2, 0.25) is 15.9 Å². The first-order valence-electron chi connectivity index (χ1n) is 8.35. The standard InChI is InChI=1S/C19H19Cl2N3O4S/c1-3-9-22-19(26)13-5-4-6-15(10-13)29(27,28)24(2)12-18(25)23-14-7-8-16(20)17(21)11-14/h3-8,10-11H,1,9,12H2,2H3,(H,22,26)(H,23,25). The van der Waals surface area contributed by atoms with Gasteiger partial charge in [-0.1, -0.05) is 35.3 Å². The molecule has 29 heavy (non-hydrogen) atoms. The molecule has 0 aliphatic carbocycles. The molecule has 0 saturated carbocycles. The van der Waals surface area contributed by atoms with E-state index in [1.54, 1.807) is 6.07 Å². The number of hydrogen-bond acceptors (Lipinski definition) is 4. The molecule has 0 aromatic heterocycles. The molecule has 2 N–H and O–H groups in total. The number of halogens is 2. The maximum Gasteiger partial charge on any atom is 0.251 e. The van der Waals surface area contributed by atoms with Gasteiger partial charge in [0.25, 0.3) is 5.91 Å². The van der Waals surface area contributed by atoms with Crippen LogP contribution in [-0.4, -0.2) is 44.7 Å². The van der Waals surface area contributed by atoms with Gasteiger partial charge in [0.05, 0.1) is 21.5 Å². The molecule has 0 atom stereocenters. The number of carbonyl (C=O) groups excluding carboxylic acids is 2. The summed E-state index contributed by atoms with van der Waals surface area (Å²) in [7, 11) is -2.72. The largest absolute Gasteiger partial charge is 0.349 e. The molecule has 2 aromatic carbocycles. The van der Waals surface area contributed by atoms with E-state index in [1.807, 2.05) is 0 Å². The normalized spacial score (nSPS) is 11.2. The quantitative estimate of drug-likeness (QED) is 0.597. The van der Waals surface area contributed by atoms with Crippen LogP contribution in [0.4, 0.5) is 5.69 Å². The van der Waals surface area contributed by atoms with Crippen molar-refractivity contribution in [3.63, 3.8) is 0 Å². The lowest BCUT2D eigenvalue weighted by atomic mass is 10.2. The average molecular weight is 456 g/mol. The van der Waals surface area contributed by atoms with Crippen LogP contribution in [0.25, 0.3) is 0 Å². The SMILES string of the molecule is C=CCNC(=O)c1cccc(S(=O)(=O)N(C)CC(=O)Nc2ccc(Cl)c(Cl)c2)c1. The summed E-state index contributed by atoms with van der Waals surface area (Å²) in [6, 6.07) is 10.1. The van der Waals surface area contributed by atoms with Crippen molar-refractivity contribution in [2.24, 2.45) is 0 Å². The van der Waals surface area contributed by atoms with Gasteiger partial charge in [0, 0.05) is 24.8 Å². The Labute approximate surface area is 179 Å². The van der Waals surface area contributed by atoms with Crippen molar-refractivity contribution in [1.82, 2.24) is 9.62 Å². The molecular formula is C19H19Cl2N3O4S. The molecule has 0 bridgehead atoms. The predicted octanol–water partition coefficient (Wildman–Crippen LogP) is 3.17. The number of likely N-dealkylation sites (N-methyl/N-ethyl adjacent to an activating group) is 1. The molecule has 154 valence electrons. The van der Waals surface area contributed by atoms with E-state index in [1.165, 1.54) is 49.5 Å². The Kier molecular flexibility index (Phi) is 7.80. The fraction of sp³-hybridized carbons (Fsp3) is 0.158. The monoisotopic (exact) mass is 455 g/mol. The first-order valence-corrected chi connectivity index (χ1v) is 10.5. The van der Waals surface area contributed by atoms with Crippen molar-refractivity contribution < 1.29 is 18.0 Å². The van der Waals surface area contributed by atoms with Crippen LogP contribution >= 0.6 is 23.2 Å². The Morgan fingerprint density at radius 3 is 2.52 bits per heavy atom. The summed E-state index contributed by atoms with van der Waals surface area (Å²) in [6.45, 7) is 3.32. The second kappa shape index (κ2) is 9.89. The molecule has 0 heterocycles. The van der Waals surface area contributed by atoms with Crippen LogP contribution in [0.1, 0.15) is 10.4 Å². The van der Waals surface area contributed by atoms with Crippen molar-refractivity contribution >= 4 is 50.7 Å². The van der Waals surface area contributed by atoms with Crippen LogP contribution < -0.4 is 10.6 Å². The minimum absolute atomic E-state index is 0.103. The lowest BCUT2D eigenvalue weighted by Crippen LogP contribution is -2.35. The van der Waals surface area contributed by atoms with E-state index in [0.717, 1.165) is 4.31 Å². The first kappa shape index (κ1) is 22.9. The molecule has 0 unspecified atom stereocenters. The van der Waals surface area contributed by atoms with Crippen LogP contribution in [0.5, 0.6) is 0 Å². The molecule has 10 heteroatoms. The second-order valence-electron chi connectivity index (χ2n) is 5.96. The predicted molar refractivity (Wildman–Crippen MR) is 114 cm³/mol. The van der Waals surface area contributed by atoms with E-state index < -0.39 is 28.4 Å². The van der Waals surface area contributed by atoms with Gasteiger partial charge in [0.15, 0.2) is 0 Å². The molecule has 2 amide bonds. The maximum atomic E-state index is 12.8. The molecule has 0 aliphatic rings. The summed E-state index contributed by atoms with van der Waals surface area (Å²) >= 11 is 11.7. The van der Waals surface area contributed by atoms with E-state index in [4.69, 9.17) is 23.2 Å². The lowest BCUT2D eigenvalue weighted by Gasteiger charge is -2.17. The molecule has 0 spiro atoms. The Hall–Kier alpha value is -2.39.